The van der Waals surface area contributed by atoms with Crippen molar-refractivity contribution in [2.45, 2.75) is 32.9 Å². The summed E-state index contributed by atoms with van der Waals surface area (Å²) in [5, 5.41) is 10.7. The Hall–Kier alpha value is -1.29. The zero-order valence-corrected chi connectivity index (χ0v) is 15.6. The van der Waals surface area contributed by atoms with Gasteiger partial charge >= 0.3 is 0 Å². The molecule has 6 nitrogen and oxygen atoms in total. The molecule has 2 aromatic heterocycles. The average molecular weight is 455 g/mol. The van der Waals surface area contributed by atoms with Gasteiger partial charge in [-0.1, -0.05) is 0 Å². The Bertz CT molecular complexity index is 701. The van der Waals surface area contributed by atoms with Crippen molar-refractivity contribution in [2.75, 3.05) is 6.54 Å². The zero-order chi connectivity index (χ0) is 17.1. The van der Waals surface area contributed by atoms with Crippen LogP contribution in [-0.2, 0) is 11.3 Å². The maximum absolute atomic E-state index is 12.9. The molecule has 0 bridgehead atoms. The third-order valence-corrected chi connectivity index (χ3v) is 4.69. The topological polar surface area (TPSA) is 64.7 Å². The molecular weight excluding hydrogens is 440 g/mol. The molecule has 0 aromatic carbocycles. The molecule has 2 rings (SSSR count). The van der Waals surface area contributed by atoms with E-state index in [4.69, 9.17) is 0 Å². The molecule has 10 heteroatoms. The summed E-state index contributed by atoms with van der Waals surface area (Å²) in [6.45, 7) is 4.13. The number of aromatic nitrogens is 4. The molecular formula is C13H15Br2F2N5O. The van der Waals surface area contributed by atoms with Gasteiger partial charge in [-0.25, -0.2) is 8.78 Å². The highest BCUT2D eigenvalue weighted by Gasteiger charge is 2.25. The van der Waals surface area contributed by atoms with Crippen molar-refractivity contribution in [3.05, 3.63) is 32.7 Å². The molecule has 1 N–H and O–H groups in total. The second-order valence-electron chi connectivity index (χ2n) is 4.92. The van der Waals surface area contributed by atoms with Crippen LogP contribution in [0, 0.1) is 6.92 Å². The number of rotatable bonds is 6. The summed E-state index contributed by atoms with van der Waals surface area (Å²) >= 11 is 6.38. The van der Waals surface area contributed by atoms with Gasteiger partial charge in [0.2, 0.25) is 5.91 Å². The van der Waals surface area contributed by atoms with E-state index in [0.717, 1.165) is 4.47 Å². The third kappa shape index (κ3) is 4.17. The minimum absolute atomic E-state index is 0.230. The maximum atomic E-state index is 12.9. The fourth-order valence-electron chi connectivity index (χ4n) is 2.05. The molecule has 23 heavy (non-hydrogen) atoms. The number of carbonyl (C=O) groups is 1. The van der Waals surface area contributed by atoms with E-state index in [-0.39, 0.29) is 16.1 Å². The standard InChI is InChI=1S/C13H15Br2F2N5O/c1-7-10(15)11(12(16)17)20-22(7)8(2)13(23)18-3-4-21-6-9(14)5-19-21/h5-6,8,12H,3-4H2,1-2H3,(H,18,23). The van der Waals surface area contributed by atoms with Crippen molar-refractivity contribution in [2.24, 2.45) is 0 Å². The zero-order valence-electron chi connectivity index (χ0n) is 12.4. The number of carbonyl (C=O) groups excluding carboxylic acids is 1. The van der Waals surface area contributed by atoms with Crippen LogP contribution < -0.4 is 5.32 Å². The highest BCUT2D eigenvalue weighted by atomic mass is 79.9. The number of amides is 1. The molecule has 2 heterocycles. The molecule has 1 atom stereocenters. The number of hydrogen-bond acceptors (Lipinski definition) is 3. The molecule has 0 radical (unpaired) electrons. The van der Waals surface area contributed by atoms with Crippen LogP contribution in [0.4, 0.5) is 8.78 Å². The van der Waals surface area contributed by atoms with Crippen LogP contribution in [-0.4, -0.2) is 32.0 Å². The van der Waals surface area contributed by atoms with Gasteiger partial charge in [-0.3, -0.25) is 14.2 Å². The maximum Gasteiger partial charge on any atom is 0.283 e. The minimum Gasteiger partial charge on any atom is -0.352 e. The molecule has 126 valence electrons. The number of alkyl halides is 2. The summed E-state index contributed by atoms with van der Waals surface area (Å²) in [5.74, 6) is -0.296. The predicted octanol–water partition coefficient (Wildman–Crippen LogP) is 3.23. The fraction of sp³-hybridized carbons (Fsp3) is 0.462. The van der Waals surface area contributed by atoms with Crippen LogP contribution >= 0.6 is 31.9 Å². The van der Waals surface area contributed by atoms with Gasteiger partial charge in [-0.2, -0.15) is 10.2 Å². The van der Waals surface area contributed by atoms with Crippen LogP contribution in [0.1, 0.15) is 30.8 Å². The summed E-state index contributed by atoms with van der Waals surface area (Å²) in [5.41, 5.74) is 0.127. The lowest BCUT2D eigenvalue weighted by molar-refractivity contribution is -0.124. The molecule has 0 aliphatic rings. The largest absolute Gasteiger partial charge is 0.352 e. The summed E-state index contributed by atoms with van der Waals surface area (Å²) in [4.78, 5) is 12.2. The van der Waals surface area contributed by atoms with E-state index in [0.29, 0.717) is 18.8 Å². The molecule has 0 fully saturated rings. The quantitative estimate of drug-likeness (QED) is 0.728. The van der Waals surface area contributed by atoms with Gasteiger partial charge in [-0.05, 0) is 45.7 Å². The van der Waals surface area contributed by atoms with Crippen molar-refractivity contribution in [3.8, 4) is 0 Å². The first-order chi connectivity index (χ1) is 10.8. The van der Waals surface area contributed by atoms with Gasteiger partial charge in [0.05, 0.1) is 27.4 Å². The minimum atomic E-state index is -2.70. The first kappa shape index (κ1) is 18.1. The van der Waals surface area contributed by atoms with Gasteiger partial charge in [0.25, 0.3) is 6.43 Å². The highest BCUT2D eigenvalue weighted by Crippen LogP contribution is 2.30. The van der Waals surface area contributed by atoms with E-state index >= 15 is 0 Å². The molecule has 0 spiro atoms. The van der Waals surface area contributed by atoms with Crippen molar-refractivity contribution in [1.82, 2.24) is 24.9 Å². The van der Waals surface area contributed by atoms with E-state index in [1.165, 1.54) is 4.68 Å². The van der Waals surface area contributed by atoms with Crippen molar-refractivity contribution >= 4 is 37.8 Å². The molecule has 1 amide bonds. The Balaban J connectivity index is 1.98. The summed E-state index contributed by atoms with van der Waals surface area (Å²) in [6.07, 6.45) is 0.748. The molecule has 0 saturated heterocycles. The first-order valence-electron chi connectivity index (χ1n) is 6.79. The van der Waals surface area contributed by atoms with Gasteiger partial charge in [0.15, 0.2) is 0 Å². The molecule has 1 unspecified atom stereocenters. The van der Waals surface area contributed by atoms with Crippen LogP contribution in [0.25, 0.3) is 0 Å². The number of nitrogens with zero attached hydrogens (tertiary/aromatic N) is 4. The van der Waals surface area contributed by atoms with Crippen molar-refractivity contribution < 1.29 is 13.6 Å². The summed E-state index contributed by atoms with van der Waals surface area (Å²) in [6, 6.07) is -0.692. The van der Waals surface area contributed by atoms with E-state index in [9.17, 15) is 13.6 Å². The molecule has 0 saturated carbocycles. The van der Waals surface area contributed by atoms with Crippen molar-refractivity contribution in [1.29, 1.82) is 0 Å². The number of hydrogen-bond donors (Lipinski definition) is 1. The van der Waals surface area contributed by atoms with Gasteiger partial charge in [0, 0.05) is 12.7 Å². The highest BCUT2D eigenvalue weighted by molar-refractivity contribution is 9.10. The summed E-state index contributed by atoms with van der Waals surface area (Å²) in [7, 11) is 0. The molecule has 0 aliphatic carbocycles. The van der Waals surface area contributed by atoms with Gasteiger partial charge in [-0.15, -0.1) is 0 Å². The second-order valence-corrected chi connectivity index (χ2v) is 6.63. The van der Waals surface area contributed by atoms with Crippen LogP contribution in [0.5, 0.6) is 0 Å². The van der Waals surface area contributed by atoms with Crippen LogP contribution in [0.3, 0.4) is 0 Å². The van der Waals surface area contributed by atoms with Gasteiger partial charge < -0.3 is 5.32 Å². The SMILES string of the molecule is Cc1c(Br)c(C(F)F)nn1C(C)C(=O)NCCn1cc(Br)cn1. The monoisotopic (exact) mass is 453 g/mol. The normalized spacial score (nSPS) is 12.7. The molecule has 2 aromatic rings. The molecule has 0 aliphatic heterocycles. The van der Waals surface area contributed by atoms with E-state index in [2.05, 4.69) is 47.4 Å². The van der Waals surface area contributed by atoms with Gasteiger partial charge in [0.1, 0.15) is 11.7 Å². The van der Waals surface area contributed by atoms with E-state index < -0.39 is 12.5 Å². The van der Waals surface area contributed by atoms with Crippen LogP contribution in [0.2, 0.25) is 0 Å². The fourth-order valence-corrected chi connectivity index (χ4v) is 2.81. The van der Waals surface area contributed by atoms with Crippen molar-refractivity contribution in [3.63, 3.8) is 0 Å². The van der Waals surface area contributed by atoms with E-state index in [1.807, 2.05) is 0 Å². The smallest absolute Gasteiger partial charge is 0.283 e. The Morgan fingerprint density at radius 3 is 2.65 bits per heavy atom. The van der Waals surface area contributed by atoms with Crippen LogP contribution in [0.15, 0.2) is 21.3 Å². The lowest BCUT2D eigenvalue weighted by Crippen LogP contribution is -2.34. The Labute approximate surface area is 148 Å². The first-order valence-corrected chi connectivity index (χ1v) is 8.38. The lowest BCUT2D eigenvalue weighted by atomic mass is 10.3. The second kappa shape index (κ2) is 7.52. The number of nitrogens with one attached hydrogen (secondary N) is 1. The van der Waals surface area contributed by atoms with E-state index in [1.54, 1.807) is 30.9 Å². The lowest BCUT2D eigenvalue weighted by Gasteiger charge is -2.14. The predicted molar refractivity (Wildman–Crippen MR) is 87.3 cm³/mol. The summed E-state index contributed by atoms with van der Waals surface area (Å²) < 4.78 is 29.8. The Morgan fingerprint density at radius 1 is 1.43 bits per heavy atom. The Kier molecular flexibility index (Phi) is 5.90. The Morgan fingerprint density at radius 2 is 2.13 bits per heavy atom. The third-order valence-electron chi connectivity index (χ3n) is 3.30. The average Bonchev–Trinajstić information content (AvgIpc) is 3.03. The number of halogens is 4.